The number of hydrogen-bond donors (Lipinski definition) is 2. The Morgan fingerprint density at radius 2 is 2.04 bits per heavy atom. The molecule has 0 unspecified atom stereocenters. The summed E-state index contributed by atoms with van der Waals surface area (Å²) in [7, 11) is 0. The highest BCUT2D eigenvalue weighted by Gasteiger charge is 2.16. The predicted octanol–water partition coefficient (Wildman–Crippen LogP) is 1.82. The molecule has 0 radical (unpaired) electrons. The molecule has 26 heavy (non-hydrogen) atoms. The van der Waals surface area contributed by atoms with Crippen LogP contribution in [0.3, 0.4) is 0 Å². The number of nitrogens with zero attached hydrogens (tertiary/aromatic N) is 4. The monoisotopic (exact) mass is 348 g/mol. The normalized spacial score (nSPS) is 14.2. The average Bonchev–Trinajstić information content (AvgIpc) is 3.22. The molecule has 1 aliphatic heterocycles. The molecule has 1 saturated heterocycles. The van der Waals surface area contributed by atoms with E-state index in [4.69, 9.17) is 0 Å². The van der Waals surface area contributed by atoms with Gasteiger partial charge in [-0.15, -0.1) is 0 Å². The largest absolute Gasteiger partial charge is 0.380 e. The van der Waals surface area contributed by atoms with E-state index >= 15 is 0 Å². The van der Waals surface area contributed by atoms with Gasteiger partial charge in [-0.05, 0) is 29.8 Å². The van der Waals surface area contributed by atoms with E-state index in [9.17, 15) is 4.79 Å². The molecule has 1 fully saturated rings. The van der Waals surface area contributed by atoms with Gasteiger partial charge < -0.3 is 15.5 Å². The fraction of sp³-hybridized carbons (Fsp3) is 0.211. The molecule has 7 nitrogen and oxygen atoms in total. The van der Waals surface area contributed by atoms with Crippen LogP contribution in [0.4, 0.5) is 11.4 Å². The fourth-order valence-corrected chi connectivity index (χ4v) is 2.93. The van der Waals surface area contributed by atoms with Crippen molar-refractivity contribution in [2.75, 3.05) is 29.9 Å². The van der Waals surface area contributed by atoms with Crippen molar-refractivity contribution in [2.45, 2.75) is 6.54 Å². The van der Waals surface area contributed by atoms with E-state index in [-0.39, 0.29) is 5.91 Å². The number of amides is 1. The molecule has 132 valence electrons. The van der Waals surface area contributed by atoms with Gasteiger partial charge in [-0.25, -0.2) is 9.97 Å². The van der Waals surface area contributed by atoms with Crippen molar-refractivity contribution >= 4 is 17.3 Å². The smallest absolute Gasteiger partial charge is 0.239 e. The average molecular weight is 348 g/mol. The molecule has 1 aliphatic rings. The molecule has 3 aromatic rings. The standard InChI is InChI=1S/C19H20N6O/c26-19-13-24(10-8-21-19)17-4-1-15(2-5-17)11-22-16-3-6-18(23-12-16)25-9-7-20-14-25/h1-7,9,12,14,22H,8,10-11,13H2,(H,21,26). The number of carbonyl (C=O) groups excluding carboxylic acids is 1. The molecule has 7 heteroatoms. The first-order chi connectivity index (χ1) is 12.8. The van der Waals surface area contributed by atoms with Gasteiger partial charge in [0.15, 0.2) is 0 Å². The summed E-state index contributed by atoms with van der Waals surface area (Å²) < 4.78 is 1.86. The molecule has 0 bridgehead atoms. The number of nitrogens with one attached hydrogen (secondary N) is 2. The van der Waals surface area contributed by atoms with Crippen LogP contribution in [0.15, 0.2) is 61.3 Å². The second-order valence-corrected chi connectivity index (χ2v) is 6.17. The minimum Gasteiger partial charge on any atom is -0.380 e. The Morgan fingerprint density at radius 3 is 2.73 bits per heavy atom. The lowest BCUT2D eigenvalue weighted by molar-refractivity contribution is -0.120. The van der Waals surface area contributed by atoms with E-state index < -0.39 is 0 Å². The van der Waals surface area contributed by atoms with E-state index in [0.717, 1.165) is 23.7 Å². The number of piperazine rings is 1. The minimum absolute atomic E-state index is 0.0774. The maximum Gasteiger partial charge on any atom is 0.239 e. The second-order valence-electron chi connectivity index (χ2n) is 6.17. The number of imidazole rings is 1. The van der Waals surface area contributed by atoms with Crippen LogP contribution >= 0.6 is 0 Å². The van der Waals surface area contributed by atoms with Crippen LogP contribution in [-0.2, 0) is 11.3 Å². The summed E-state index contributed by atoms with van der Waals surface area (Å²) >= 11 is 0. The fourth-order valence-electron chi connectivity index (χ4n) is 2.93. The van der Waals surface area contributed by atoms with Crippen LogP contribution in [0.1, 0.15) is 5.56 Å². The molecule has 1 aromatic carbocycles. The SMILES string of the molecule is O=C1CN(c2ccc(CNc3ccc(-n4ccnc4)nc3)cc2)CCN1. The van der Waals surface area contributed by atoms with E-state index in [2.05, 4.69) is 49.8 Å². The van der Waals surface area contributed by atoms with Crippen LogP contribution in [0.25, 0.3) is 5.82 Å². The molecule has 0 aliphatic carbocycles. The first kappa shape index (κ1) is 16.1. The van der Waals surface area contributed by atoms with Gasteiger partial charge in [0.2, 0.25) is 5.91 Å². The lowest BCUT2D eigenvalue weighted by Crippen LogP contribution is -2.47. The number of pyridine rings is 1. The molecule has 2 aromatic heterocycles. The molecule has 3 heterocycles. The van der Waals surface area contributed by atoms with Gasteiger partial charge in [0, 0.05) is 37.7 Å². The van der Waals surface area contributed by atoms with Gasteiger partial charge in [0.1, 0.15) is 12.1 Å². The lowest BCUT2D eigenvalue weighted by Gasteiger charge is -2.28. The maximum absolute atomic E-state index is 11.5. The zero-order valence-electron chi connectivity index (χ0n) is 14.3. The first-order valence-electron chi connectivity index (χ1n) is 8.57. The summed E-state index contributed by atoms with van der Waals surface area (Å²) in [5.74, 6) is 0.914. The second kappa shape index (κ2) is 7.26. The van der Waals surface area contributed by atoms with Crippen LogP contribution < -0.4 is 15.5 Å². The summed E-state index contributed by atoms with van der Waals surface area (Å²) in [6.07, 6.45) is 7.13. The van der Waals surface area contributed by atoms with E-state index in [0.29, 0.717) is 19.6 Å². The van der Waals surface area contributed by atoms with Crippen LogP contribution in [0, 0.1) is 0 Å². The topological polar surface area (TPSA) is 75.1 Å². The molecule has 2 N–H and O–H groups in total. The van der Waals surface area contributed by atoms with Crippen molar-refractivity contribution < 1.29 is 4.79 Å². The quantitative estimate of drug-likeness (QED) is 0.736. The highest BCUT2D eigenvalue weighted by molar-refractivity contribution is 5.82. The van der Waals surface area contributed by atoms with Gasteiger partial charge in [0.25, 0.3) is 0 Å². The number of carbonyl (C=O) groups is 1. The molecule has 0 spiro atoms. The summed E-state index contributed by atoms with van der Waals surface area (Å²) in [6, 6.07) is 12.3. The van der Waals surface area contributed by atoms with E-state index in [1.807, 2.05) is 29.1 Å². The van der Waals surface area contributed by atoms with Gasteiger partial charge in [-0.1, -0.05) is 12.1 Å². The summed E-state index contributed by atoms with van der Waals surface area (Å²) in [5, 5.41) is 6.22. The molecule has 4 rings (SSSR count). The number of hydrogen-bond acceptors (Lipinski definition) is 5. The Bertz CT molecular complexity index is 858. The maximum atomic E-state index is 11.5. The lowest BCUT2D eigenvalue weighted by atomic mass is 10.1. The third-order valence-corrected chi connectivity index (χ3v) is 4.35. The van der Waals surface area contributed by atoms with Crippen molar-refractivity contribution in [3.63, 3.8) is 0 Å². The molecule has 0 atom stereocenters. The number of rotatable bonds is 5. The van der Waals surface area contributed by atoms with Gasteiger partial charge in [-0.2, -0.15) is 0 Å². The number of benzene rings is 1. The van der Waals surface area contributed by atoms with Crippen LogP contribution in [-0.4, -0.2) is 40.1 Å². The Balaban J connectivity index is 1.35. The third-order valence-electron chi connectivity index (χ3n) is 4.35. The Hall–Kier alpha value is -3.35. The third kappa shape index (κ3) is 3.66. The molecular weight excluding hydrogens is 328 g/mol. The van der Waals surface area contributed by atoms with Crippen molar-refractivity contribution in [1.82, 2.24) is 19.9 Å². The molecular formula is C19H20N6O. The Labute approximate surface area is 151 Å². The van der Waals surface area contributed by atoms with Crippen molar-refractivity contribution in [1.29, 1.82) is 0 Å². The number of anilines is 2. The number of aromatic nitrogens is 3. The Kier molecular flexibility index (Phi) is 4.51. The predicted molar refractivity (Wildman–Crippen MR) is 100 cm³/mol. The summed E-state index contributed by atoms with van der Waals surface area (Å²) in [6.45, 7) is 2.68. The molecule has 1 amide bonds. The minimum atomic E-state index is 0.0774. The zero-order chi connectivity index (χ0) is 17.8. The van der Waals surface area contributed by atoms with Gasteiger partial charge in [-0.3, -0.25) is 9.36 Å². The van der Waals surface area contributed by atoms with Crippen molar-refractivity contribution in [3.8, 4) is 5.82 Å². The summed E-state index contributed by atoms with van der Waals surface area (Å²) in [4.78, 5) is 22.0. The summed E-state index contributed by atoms with van der Waals surface area (Å²) in [5.41, 5.74) is 3.22. The van der Waals surface area contributed by atoms with E-state index in [1.54, 1.807) is 12.5 Å². The van der Waals surface area contributed by atoms with Crippen LogP contribution in [0.5, 0.6) is 0 Å². The first-order valence-corrected chi connectivity index (χ1v) is 8.57. The highest BCUT2D eigenvalue weighted by atomic mass is 16.2. The van der Waals surface area contributed by atoms with E-state index in [1.165, 1.54) is 5.56 Å². The Morgan fingerprint density at radius 1 is 1.15 bits per heavy atom. The van der Waals surface area contributed by atoms with Gasteiger partial charge in [0.05, 0.1) is 18.4 Å². The molecule has 0 saturated carbocycles. The van der Waals surface area contributed by atoms with Crippen molar-refractivity contribution in [2.24, 2.45) is 0 Å². The van der Waals surface area contributed by atoms with Crippen molar-refractivity contribution in [3.05, 3.63) is 66.9 Å². The van der Waals surface area contributed by atoms with Crippen LogP contribution in [0.2, 0.25) is 0 Å². The zero-order valence-corrected chi connectivity index (χ0v) is 14.3. The highest BCUT2D eigenvalue weighted by Crippen LogP contribution is 2.17. The van der Waals surface area contributed by atoms with Gasteiger partial charge >= 0.3 is 0 Å².